The number of amides is 1. The Morgan fingerprint density at radius 2 is 2.00 bits per heavy atom. The molecule has 1 aromatic carbocycles. The molecular formula is C22H30F3N5O. The maximum absolute atomic E-state index is 13.6. The average molecular weight is 438 g/mol. The predicted molar refractivity (Wildman–Crippen MR) is 115 cm³/mol. The molecule has 0 spiro atoms. The molecule has 1 heterocycles. The van der Waals surface area contributed by atoms with Gasteiger partial charge in [0.2, 0.25) is 0 Å². The van der Waals surface area contributed by atoms with Crippen molar-refractivity contribution in [3.05, 3.63) is 53.1 Å². The number of hydrogen-bond donors (Lipinski definition) is 2. The van der Waals surface area contributed by atoms with Crippen molar-refractivity contribution in [1.29, 1.82) is 0 Å². The highest BCUT2D eigenvalue weighted by Crippen LogP contribution is 2.29. The lowest BCUT2D eigenvalue weighted by Gasteiger charge is -2.28. The molecule has 1 atom stereocenters. The van der Waals surface area contributed by atoms with Gasteiger partial charge in [0, 0.05) is 12.8 Å². The molecule has 0 bridgehead atoms. The average Bonchev–Trinajstić information content (AvgIpc) is 3.12. The second-order valence-corrected chi connectivity index (χ2v) is 7.06. The molecule has 1 aliphatic rings. The summed E-state index contributed by atoms with van der Waals surface area (Å²) in [5.74, 6) is -0.601. The van der Waals surface area contributed by atoms with Gasteiger partial charge in [0.1, 0.15) is 23.4 Å². The minimum absolute atomic E-state index is 0.0588. The Kier molecular flexibility index (Phi) is 9.23. The van der Waals surface area contributed by atoms with Crippen molar-refractivity contribution in [2.45, 2.75) is 45.7 Å². The lowest BCUT2D eigenvalue weighted by molar-refractivity contribution is 0.0949. The van der Waals surface area contributed by atoms with Crippen LogP contribution < -0.4 is 10.6 Å². The molecule has 0 aliphatic heterocycles. The molecule has 1 aliphatic carbocycles. The number of nitrogens with one attached hydrogen (secondary N) is 2. The second kappa shape index (κ2) is 11.6. The van der Waals surface area contributed by atoms with Crippen LogP contribution >= 0.6 is 0 Å². The zero-order chi connectivity index (χ0) is 23.0. The van der Waals surface area contributed by atoms with Gasteiger partial charge in [-0.15, -0.1) is 0 Å². The number of carbonyl (C=O) groups is 1. The first kappa shape index (κ1) is 24.6. The van der Waals surface area contributed by atoms with E-state index < -0.39 is 24.2 Å². The van der Waals surface area contributed by atoms with Gasteiger partial charge in [0.05, 0.1) is 6.54 Å². The highest BCUT2D eigenvalue weighted by atomic mass is 19.3. The molecular weight excluding hydrogens is 407 g/mol. The van der Waals surface area contributed by atoms with Gasteiger partial charge in [-0.3, -0.25) is 19.8 Å². The van der Waals surface area contributed by atoms with Crippen LogP contribution in [0.1, 0.15) is 67.4 Å². The van der Waals surface area contributed by atoms with Gasteiger partial charge in [-0.25, -0.2) is 13.2 Å². The Morgan fingerprint density at radius 1 is 1.29 bits per heavy atom. The van der Waals surface area contributed by atoms with Crippen LogP contribution in [0.5, 0.6) is 0 Å². The normalized spacial score (nSPS) is 15.2. The highest BCUT2D eigenvalue weighted by molar-refractivity contribution is 5.97. The third-order valence-corrected chi connectivity index (χ3v) is 5.09. The van der Waals surface area contributed by atoms with Gasteiger partial charge in [-0.1, -0.05) is 32.4 Å². The summed E-state index contributed by atoms with van der Waals surface area (Å²) in [6.07, 6.45) is -0.162. The molecule has 1 saturated carbocycles. The van der Waals surface area contributed by atoms with Crippen molar-refractivity contribution in [2.75, 3.05) is 13.6 Å². The largest absolute Gasteiger partial charge is 0.345 e. The lowest BCUT2D eigenvalue weighted by Crippen LogP contribution is -2.37. The van der Waals surface area contributed by atoms with Crippen molar-refractivity contribution in [3.8, 4) is 0 Å². The van der Waals surface area contributed by atoms with Gasteiger partial charge in [0.15, 0.2) is 0 Å². The fraction of sp³-hybridized carbons (Fsp3) is 0.500. The van der Waals surface area contributed by atoms with Crippen LogP contribution in [0, 0.1) is 11.7 Å². The third-order valence-electron chi connectivity index (χ3n) is 5.09. The standard InChI is InChI=1S/C20H24F3N5O.C2H6/c1-24-19(13-7-4-8-14(21)9-13)26-16(12-5-3-6-12)11-25-20(29)17-10-15(18(22)23)27-28(17)2;1-2/h4,7-10,12,18-19,24H,3,5-6,11H2,1-2H3,(H,25,29);1-2H3/b26-16-;. The van der Waals surface area contributed by atoms with Crippen LogP contribution in [0.2, 0.25) is 0 Å². The number of halogens is 3. The molecule has 6 nitrogen and oxygen atoms in total. The quantitative estimate of drug-likeness (QED) is 0.601. The fourth-order valence-electron chi connectivity index (χ4n) is 3.26. The van der Waals surface area contributed by atoms with Crippen LogP contribution in [0.15, 0.2) is 35.3 Å². The van der Waals surface area contributed by atoms with Crippen molar-refractivity contribution in [1.82, 2.24) is 20.4 Å². The molecule has 3 rings (SSSR count). The SMILES string of the molecule is CC.CNC(/N=C(/CNC(=O)c1cc(C(F)F)nn1C)C1CCC1)c1cccc(F)c1. The van der Waals surface area contributed by atoms with E-state index in [2.05, 4.69) is 15.7 Å². The smallest absolute Gasteiger partial charge is 0.282 e. The Bertz CT molecular complexity index is 893. The van der Waals surface area contributed by atoms with Crippen LogP contribution in [0.25, 0.3) is 0 Å². The summed E-state index contributed by atoms with van der Waals surface area (Å²) in [5.41, 5.74) is 1.10. The van der Waals surface area contributed by atoms with E-state index in [0.717, 1.165) is 35.7 Å². The summed E-state index contributed by atoms with van der Waals surface area (Å²) in [5, 5.41) is 9.48. The maximum Gasteiger partial charge on any atom is 0.282 e. The maximum atomic E-state index is 13.6. The summed E-state index contributed by atoms with van der Waals surface area (Å²) in [4.78, 5) is 17.2. The molecule has 0 radical (unpaired) electrons. The van der Waals surface area contributed by atoms with Crippen molar-refractivity contribution >= 4 is 11.6 Å². The number of rotatable bonds is 8. The lowest BCUT2D eigenvalue weighted by atomic mass is 9.81. The molecule has 1 amide bonds. The molecule has 1 aromatic heterocycles. The minimum Gasteiger partial charge on any atom is -0.345 e. The zero-order valence-electron chi connectivity index (χ0n) is 18.3. The number of aliphatic imine (C=N–C) groups is 1. The van der Waals surface area contributed by atoms with Gasteiger partial charge in [0.25, 0.3) is 12.3 Å². The number of aryl methyl sites for hydroxylation is 1. The number of hydrogen-bond acceptors (Lipinski definition) is 4. The molecule has 31 heavy (non-hydrogen) atoms. The van der Waals surface area contributed by atoms with E-state index in [1.165, 1.54) is 19.2 Å². The molecule has 2 aromatic rings. The Labute approximate surface area is 180 Å². The van der Waals surface area contributed by atoms with E-state index in [-0.39, 0.29) is 24.0 Å². The molecule has 9 heteroatoms. The first-order chi connectivity index (χ1) is 14.9. The molecule has 170 valence electrons. The van der Waals surface area contributed by atoms with Gasteiger partial charge in [-0.05, 0) is 49.6 Å². The van der Waals surface area contributed by atoms with Crippen molar-refractivity contribution < 1.29 is 18.0 Å². The number of benzene rings is 1. The van der Waals surface area contributed by atoms with E-state index in [0.29, 0.717) is 5.56 Å². The number of carbonyl (C=O) groups excluding carboxylic acids is 1. The summed E-state index contributed by atoms with van der Waals surface area (Å²) in [7, 11) is 3.18. The Morgan fingerprint density at radius 3 is 2.52 bits per heavy atom. The van der Waals surface area contributed by atoms with E-state index in [9.17, 15) is 18.0 Å². The van der Waals surface area contributed by atoms with Crippen LogP contribution in [0.4, 0.5) is 13.2 Å². The van der Waals surface area contributed by atoms with E-state index in [4.69, 9.17) is 4.99 Å². The summed E-state index contributed by atoms with van der Waals surface area (Å²) in [6.45, 7) is 4.19. The topological polar surface area (TPSA) is 71.3 Å². The Hall–Kier alpha value is -2.68. The highest BCUT2D eigenvalue weighted by Gasteiger charge is 2.26. The molecule has 1 fully saturated rings. The van der Waals surface area contributed by atoms with Crippen LogP contribution in [0.3, 0.4) is 0 Å². The zero-order valence-corrected chi connectivity index (χ0v) is 18.3. The predicted octanol–water partition coefficient (Wildman–Crippen LogP) is 4.41. The minimum atomic E-state index is -2.74. The van der Waals surface area contributed by atoms with Crippen molar-refractivity contribution in [3.63, 3.8) is 0 Å². The third kappa shape index (κ3) is 6.40. The summed E-state index contributed by atoms with van der Waals surface area (Å²) in [6, 6.07) is 7.28. The number of alkyl halides is 2. The van der Waals surface area contributed by atoms with E-state index >= 15 is 0 Å². The van der Waals surface area contributed by atoms with Crippen molar-refractivity contribution in [2.24, 2.45) is 18.0 Å². The van der Waals surface area contributed by atoms with Gasteiger partial charge < -0.3 is 5.32 Å². The summed E-state index contributed by atoms with van der Waals surface area (Å²) < 4.78 is 40.3. The fourth-order valence-corrected chi connectivity index (χ4v) is 3.26. The second-order valence-electron chi connectivity index (χ2n) is 7.06. The van der Waals surface area contributed by atoms with Gasteiger partial charge in [-0.2, -0.15) is 5.10 Å². The van der Waals surface area contributed by atoms with E-state index in [1.807, 2.05) is 13.8 Å². The van der Waals surface area contributed by atoms with Crippen LogP contribution in [-0.2, 0) is 7.05 Å². The summed E-state index contributed by atoms with van der Waals surface area (Å²) >= 11 is 0. The monoisotopic (exact) mass is 437 g/mol. The number of nitrogens with zero attached hydrogens (tertiary/aromatic N) is 3. The Balaban J connectivity index is 0.00000166. The molecule has 0 saturated heterocycles. The molecule has 2 N–H and O–H groups in total. The first-order valence-electron chi connectivity index (χ1n) is 10.5. The first-order valence-corrected chi connectivity index (χ1v) is 10.5. The van der Waals surface area contributed by atoms with E-state index in [1.54, 1.807) is 19.2 Å². The number of aromatic nitrogens is 2. The van der Waals surface area contributed by atoms with Crippen LogP contribution in [-0.4, -0.2) is 35.0 Å². The van der Waals surface area contributed by atoms with Gasteiger partial charge >= 0.3 is 0 Å². The molecule has 1 unspecified atom stereocenters.